The van der Waals surface area contributed by atoms with Crippen LogP contribution in [0.4, 0.5) is 0 Å². The van der Waals surface area contributed by atoms with Crippen LogP contribution in [0.15, 0.2) is 30.6 Å². The van der Waals surface area contributed by atoms with E-state index in [9.17, 15) is 0 Å². The maximum atomic E-state index is 6.62. The van der Waals surface area contributed by atoms with Crippen molar-refractivity contribution in [2.75, 3.05) is 0 Å². The molecule has 1 aliphatic carbocycles. The summed E-state index contributed by atoms with van der Waals surface area (Å²) in [4.78, 5) is 0. The summed E-state index contributed by atoms with van der Waals surface area (Å²) in [5.74, 6) is 2.16. The minimum Gasteiger partial charge on any atom is -0.338 e. The maximum absolute atomic E-state index is 6.62. The highest BCUT2D eigenvalue weighted by molar-refractivity contribution is 5.74. The molecule has 0 bridgehead atoms. The minimum atomic E-state index is 0.352. The molecule has 4 rings (SSSR count). The van der Waals surface area contributed by atoms with E-state index < -0.39 is 0 Å². The quantitative estimate of drug-likeness (QED) is 0.374. The highest BCUT2D eigenvalue weighted by atomic mass is 16.5. The highest BCUT2D eigenvalue weighted by Gasteiger charge is 2.31. The van der Waals surface area contributed by atoms with Crippen molar-refractivity contribution < 1.29 is 9.30 Å². The molecule has 0 saturated heterocycles. The van der Waals surface area contributed by atoms with Crippen LogP contribution in [0.5, 0.6) is 0 Å². The van der Waals surface area contributed by atoms with Crippen molar-refractivity contribution in [3.63, 3.8) is 0 Å². The van der Waals surface area contributed by atoms with Crippen LogP contribution in [-0.2, 0) is 18.0 Å². The molecule has 1 saturated carbocycles. The molecule has 0 unspecified atom stereocenters. The lowest BCUT2D eigenvalue weighted by Gasteiger charge is -2.35. The van der Waals surface area contributed by atoms with Crippen LogP contribution in [0, 0.1) is 52.4 Å². The number of imidazole rings is 1. The number of aryl methyl sites for hydroxylation is 5. The normalized spacial score (nSPS) is 21.3. The van der Waals surface area contributed by atoms with E-state index in [-0.39, 0.29) is 0 Å². The molecule has 3 heteroatoms. The van der Waals surface area contributed by atoms with Crippen molar-refractivity contribution in [3.8, 4) is 0 Å². The molecule has 3 aromatic rings. The molecule has 33 heavy (non-hydrogen) atoms. The summed E-state index contributed by atoms with van der Waals surface area (Å²) in [5, 5.41) is 0. The van der Waals surface area contributed by atoms with Gasteiger partial charge in [0.1, 0.15) is 6.54 Å². The Kier molecular flexibility index (Phi) is 7.00. The van der Waals surface area contributed by atoms with E-state index in [1.807, 2.05) is 0 Å². The van der Waals surface area contributed by atoms with Gasteiger partial charge in [-0.25, -0.2) is 9.13 Å². The first kappa shape index (κ1) is 24.0. The molecule has 1 aromatic heterocycles. The van der Waals surface area contributed by atoms with Crippen molar-refractivity contribution in [3.05, 3.63) is 64.0 Å². The van der Waals surface area contributed by atoms with Crippen molar-refractivity contribution in [1.82, 2.24) is 4.57 Å². The fourth-order valence-corrected chi connectivity index (χ4v) is 5.72. The van der Waals surface area contributed by atoms with Crippen LogP contribution in [0.25, 0.3) is 11.0 Å². The highest BCUT2D eigenvalue weighted by Crippen LogP contribution is 2.35. The number of hydrogen-bond acceptors (Lipinski definition) is 1. The molecule has 1 heterocycles. The van der Waals surface area contributed by atoms with E-state index in [2.05, 4.69) is 95.1 Å². The van der Waals surface area contributed by atoms with E-state index in [0.717, 1.165) is 18.4 Å². The number of benzene rings is 2. The Balaban J connectivity index is 1.64. The van der Waals surface area contributed by atoms with Gasteiger partial charge in [-0.2, -0.15) is 0 Å². The van der Waals surface area contributed by atoms with Gasteiger partial charge in [-0.15, -0.1) is 0 Å². The second kappa shape index (κ2) is 9.62. The van der Waals surface area contributed by atoms with E-state index >= 15 is 0 Å². The number of nitrogens with zero attached hydrogens (tertiary/aromatic N) is 2. The maximum Gasteiger partial charge on any atom is 0.246 e. The van der Waals surface area contributed by atoms with Gasteiger partial charge in [-0.05, 0) is 112 Å². The zero-order valence-corrected chi connectivity index (χ0v) is 22.0. The van der Waals surface area contributed by atoms with Gasteiger partial charge in [0.05, 0.1) is 6.10 Å². The van der Waals surface area contributed by atoms with Crippen molar-refractivity contribution >= 4 is 11.0 Å². The second-order valence-corrected chi connectivity index (χ2v) is 11.1. The monoisotopic (exact) mass is 447 g/mol. The van der Waals surface area contributed by atoms with E-state index in [1.54, 1.807) is 0 Å². The molecule has 2 aromatic carbocycles. The topological polar surface area (TPSA) is 18.0 Å². The fourth-order valence-electron chi connectivity index (χ4n) is 5.72. The van der Waals surface area contributed by atoms with E-state index in [1.165, 1.54) is 63.7 Å². The Morgan fingerprint density at radius 2 is 1.61 bits per heavy atom. The van der Waals surface area contributed by atoms with Crippen LogP contribution < -0.4 is 4.57 Å². The average molecular weight is 448 g/mol. The van der Waals surface area contributed by atoms with Crippen molar-refractivity contribution in [2.24, 2.45) is 17.8 Å². The summed E-state index contributed by atoms with van der Waals surface area (Å²) in [6, 6.07) is 9.28. The van der Waals surface area contributed by atoms with Crippen LogP contribution in [0.2, 0.25) is 0 Å². The first-order valence-electron chi connectivity index (χ1n) is 12.8. The fraction of sp³-hybridized carbons (Fsp3) is 0.567. The van der Waals surface area contributed by atoms with Crippen LogP contribution in [0.3, 0.4) is 0 Å². The van der Waals surface area contributed by atoms with Gasteiger partial charge in [0.15, 0.2) is 17.8 Å². The third kappa shape index (κ3) is 5.04. The zero-order valence-electron chi connectivity index (χ0n) is 22.0. The third-order valence-corrected chi connectivity index (χ3v) is 8.19. The Morgan fingerprint density at radius 1 is 0.939 bits per heavy atom. The zero-order chi connectivity index (χ0) is 23.9. The summed E-state index contributed by atoms with van der Waals surface area (Å²) in [5.41, 5.74) is 10.7. The third-order valence-electron chi connectivity index (χ3n) is 8.19. The largest absolute Gasteiger partial charge is 0.338 e. The van der Waals surface area contributed by atoms with Crippen LogP contribution in [-0.4, -0.2) is 10.7 Å². The number of hydrogen-bond donors (Lipinski definition) is 0. The molecule has 178 valence electrons. The SMILES string of the molecule is Cc1cc(C)c(C[n+]2cn(CO[C@H]3C[C@H](C(C)C)CC[C@@H]3C)c3cc(C)c(C)cc32)c(C)c1. The molecule has 3 nitrogen and oxygen atoms in total. The molecular formula is C30H43N2O+. The molecule has 1 aliphatic rings. The lowest BCUT2D eigenvalue weighted by atomic mass is 9.76. The summed E-state index contributed by atoms with van der Waals surface area (Å²) in [6.45, 7) is 19.7. The summed E-state index contributed by atoms with van der Waals surface area (Å²) in [7, 11) is 0. The molecule has 1 fully saturated rings. The van der Waals surface area contributed by atoms with Gasteiger partial charge >= 0.3 is 0 Å². The summed E-state index contributed by atoms with van der Waals surface area (Å²) in [6.07, 6.45) is 6.45. The van der Waals surface area contributed by atoms with Crippen LogP contribution >= 0.6 is 0 Å². The average Bonchev–Trinajstić information content (AvgIpc) is 3.06. The molecule has 0 radical (unpaired) electrons. The smallest absolute Gasteiger partial charge is 0.246 e. The molecule has 0 spiro atoms. The molecule has 0 N–H and O–H groups in total. The van der Waals surface area contributed by atoms with Crippen molar-refractivity contribution in [1.29, 1.82) is 0 Å². The van der Waals surface area contributed by atoms with Gasteiger partial charge in [-0.3, -0.25) is 0 Å². The predicted molar refractivity (Wildman–Crippen MR) is 138 cm³/mol. The molecular weight excluding hydrogens is 404 g/mol. The Morgan fingerprint density at radius 3 is 2.27 bits per heavy atom. The lowest BCUT2D eigenvalue weighted by molar-refractivity contribution is -0.663. The van der Waals surface area contributed by atoms with Gasteiger partial charge in [0.2, 0.25) is 6.33 Å². The second-order valence-electron chi connectivity index (χ2n) is 11.1. The van der Waals surface area contributed by atoms with Crippen LogP contribution in [0.1, 0.15) is 73.4 Å². The van der Waals surface area contributed by atoms with Gasteiger partial charge in [0, 0.05) is 0 Å². The molecule has 0 amide bonds. The number of aromatic nitrogens is 2. The molecule has 3 atom stereocenters. The van der Waals surface area contributed by atoms with E-state index in [0.29, 0.717) is 18.8 Å². The standard InChI is InChI=1S/C30H43N2O/c1-19(2)26-10-9-21(4)30(15-26)33-18-32-17-31(28-13-22(5)23(6)14-29(28)32)16-27-24(7)11-20(3)12-25(27)8/h11-14,17,19,21,26,30H,9-10,15-16,18H2,1-8H3/q+1/t21-,26+,30-/m0/s1. The van der Waals surface area contributed by atoms with Gasteiger partial charge in [0.25, 0.3) is 0 Å². The Hall–Kier alpha value is -2.13. The summed E-state index contributed by atoms with van der Waals surface area (Å²) < 4.78 is 11.4. The first-order chi connectivity index (χ1) is 15.6. The Labute approximate surface area is 200 Å². The van der Waals surface area contributed by atoms with Gasteiger partial charge in [-0.1, -0.05) is 38.5 Å². The van der Waals surface area contributed by atoms with Gasteiger partial charge < -0.3 is 4.74 Å². The van der Waals surface area contributed by atoms with E-state index in [4.69, 9.17) is 4.74 Å². The predicted octanol–water partition coefficient (Wildman–Crippen LogP) is 6.95. The number of fused-ring (bicyclic) bond motifs is 1. The van der Waals surface area contributed by atoms with Crippen molar-refractivity contribution in [2.45, 2.75) is 94.0 Å². The first-order valence-corrected chi connectivity index (χ1v) is 12.8. The number of ether oxygens (including phenoxy) is 1. The summed E-state index contributed by atoms with van der Waals surface area (Å²) >= 11 is 0. The number of rotatable bonds is 6. The minimum absolute atomic E-state index is 0.352. The lowest BCUT2D eigenvalue weighted by Crippen LogP contribution is -2.34. The molecule has 0 aliphatic heterocycles. The Bertz CT molecular complexity index is 1120.